The van der Waals surface area contributed by atoms with Crippen molar-refractivity contribution in [2.45, 2.75) is 26.7 Å². The number of nitrogens with one attached hydrogen (secondary N) is 1. The smallest absolute Gasteiger partial charge is 0.322 e. The highest BCUT2D eigenvalue weighted by atomic mass is 19.1. The summed E-state index contributed by atoms with van der Waals surface area (Å²) in [5.74, 6) is -0.685. The van der Waals surface area contributed by atoms with Crippen molar-refractivity contribution < 1.29 is 14.3 Å². The molecular weight excluding hydrogens is 307 g/mol. The van der Waals surface area contributed by atoms with Crippen LogP contribution in [0.1, 0.15) is 36.5 Å². The molecule has 0 atom stereocenters. The highest BCUT2D eigenvalue weighted by Crippen LogP contribution is 2.27. The van der Waals surface area contributed by atoms with Crippen molar-refractivity contribution in [2.24, 2.45) is 0 Å². The summed E-state index contributed by atoms with van der Waals surface area (Å²) < 4.78 is 13.4. The minimum atomic E-state index is -0.939. The molecule has 0 aliphatic rings. The van der Waals surface area contributed by atoms with Crippen molar-refractivity contribution in [1.29, 1.82) is 0 Å². The zero-order valence-electron chi connectivity index (χ0n) is 13.8. The van der Waals surface area contributed by atoms with E-state index >= 15 is 0 Å². The number of nitrogens with zero attached hydrogens (tertiary/aromatic N) is 1. The molecule has 0 spiro atoms. The van der Waals surface area contributed by atoms with E-state index in [0.29, 0.717) is 5.82 Å². The first kappa shape index (κ1) is 17.7. The van der Waals surface area contributed by atoms with Gasteiger partial charge in [0.05, 0.1) is 0 Å². The predicted molar refractivity (Wildman–Crippen MR) is 93.5 cm³/mol. The van der Waals surface area contributed by atoms with Crippen LogP contribution in [0.5, 0.6) is 0 Å². The molecule has 0 saturated heterocycles. The lowest BCUT2D eigenvalue weighted by Crippen LogP contribution is -2.13. The van der Waals surface area contributed by atoms with Crippen molar-refractivity contribution in [1.82, 2.24) is 4.98 Å². The Balaban J connectivity index is 2.33. The summed E-state index contributed by atoms with van der Waals surface area (Å²) in [4.78, 5) is 14.8. The SMILES string of the molecule is CCC/C=C(/c1ccc(NCC(=O)O)nc1)c1ccc(F)cc1C. The monoisotopic (exact) mass is 328 g/mol. The molecule has 24 heavy (non-hydrogen) atoms. The van der Waals surface area contributed by atoms with Gasteiger partial charge < -0.3 is 10.4 Å². The van der Waals surface area contributed by atoms with Crippen LogP contribution >= 0.6 is 0 Å². The number of anilines is 1. The predicted octanol–water partition coefficient (Wildman–Crippen LogP) is 4.26. The van der Waals surface area contributed by atoms with Gasteiger partial charge in [-0.05, 0) is 54.3 Å². The maximum atomic E-state index is 13.4. The molecule has 1 aromatic carbocycles. The Morgan fingerprint density at radius 2 is 2.12 bits per heavy atom. The average Bonchev–Trinajstić information content (AvgIpc) is 2.55. The molecule has 0 fully saturated rings. The number of hydrogen-bond donors (Lipinski definition) is 2. The van der Waals surface area contributed by atoms with E-state index in [4.69, 9.17) is 5.11 Å². The van der Waals surface area contributed by atoms with Crippen molar-refractivity contribution in [3.05, 3.63) is 65.1 Å². The third-order valence-electron chi connectivity index (χ3n) is 3.61. The molecule has 126 valence electrons. The van der Waals surface area contributed by atoms with E-state index in [-0.39, 0.29) is 12.4 Å². The van der Waals surface area contributed by atoms with Crippen LogP contribution in [0.3, 0.4) is 0 Å². The second-order valence-corrected chi connectivity index (χ2v) is 5.55. The van der Waals surface area contributed by atoms with E-state index in [2.05, 4.69) is 23.3 Å². The summed E-state index contributed by atoms with van der Waals surface area (Å²) in [6, 6.07) is 8.39. The van der Waals surface area contributed by atoms with Gasteiger partial charge in [0.2, 0.25) is 0 Å². The molecule has 0 saturated carbocycles. The fourth-order valence-corrected chi connectivity index (χ4v) is 2.43. The maximum absolute atomic E-state index is 13.4. The molecule has 2 rings (SSSR count). The Kier molecular flexibility index (Phi) is 6.07. The number of rotatable bonds is 7. The molecule has 1 heterocycles. The summed E-state index contributed by atoms with van der Waals surface area (Å²) in [6.45, 7) is 3.80. The second-order valence-electron chi connectivity index (χ2n) is 5.55. The van der Waals surface area contributed by atoms with Crippen molar-refractivity contribution in [2.75, 3.05) is 11.9 Å². The normalized spacial score (nSPS) is 11.4. The second kappa shape index (κ2) is 8.24. The Morgan fingerprint density at radius 1 is 1.33 bits per heavy atom. The molecule has 0 aliphatic heterocycles. The lowest BCUT2D eigenvalue weighted by Gasteiger charge is -2.12. The van der Waals surface area contributed by atoms with E-state index in [0.717, 1.165) is 35.1 Å². The van der Waals surface area contributed by atoms with Crippen LogP contribution in [0.15, 0.2) is 42.6 Å². The molecular formula is C19H21FN2O2. The molecule has 4 nitrogen and oxygen atoms in total. The summed E-state index contributed by atoms with van der Waals surface area (Å²) in [5, 5.41) is 11.4. The summed E-state index contributed by atoms with van der Waals surface area (Å²) in [7, 11) is 0. The number of carboxylic acids is 1. The number of aryl methyl sites for hydroxylation is 1. The fourth-order valence-electron chi connectivity index (χ4n) is 2.43. The maximum Gasteiger partial charge on any atom is 0.322 e. The van der Waals surface area contributed by atoms with Crippen LogP contribution in [0.25, 0.3) is 5.57 Å². The zero-order valence-corrected chi connectivity index (χ0v) is 13.8. The Labute approximate surface area is 141 Å². The van der Waals surface area contributed by atoms with Gasteiger partial charge >= 0.3 is 5.97 Å². The van der Waals surface area contributed by atoms with Crippen LogP contribution in [0.2, 0.25) is 0 Å². The number of carboxylic acid groups (broad SMARTS) is 1. The zero-order chi connectivity index (χ0) is 17.5. The number of unbranched alkanes of at least 4 members (excludes halogenated alkanes) is 1. The minimum Gasteiger partial charge on any atom is -0.480 e. The number of aliphatic carboxylic acids is 1. The van der Waals surface area contributed by atoms with Gasteiger partial charge in [0, 0.05) is 11.8 Å². The van der Waals surface area contributed by atoms with Crippen LogP contribution in [0.4, 0.5) is 10.2 Å². The number of carbonyl (C=O) groups is 1. The van der Waals surface area contributed by atoms with Gasteiger partial charge in [0.15, 0.2) is 0 Å². The van der Waals surface area contributed by atoms with Crippen LogP contribution in [0, 0.1) is 12.7 Å². The van der Waals surface area contributed by atoms with Gasteiger partial charge in [-0.1, -0.05) is 25.5 Å². The lowest BCUT2D eigenvalue weighted by atomic mass is 9.94. The Bertz CT molecular complexity index is 740. The van der Waals surface area contributed by atoms with E-state index in [9.17, 15) is 9.18 Å². The van der Waals surface area contributed by atoms with Gasteiger partial charge in [0.1, 0.15) is 18.2 Å². The van der Waals surface area contributed by atoms with E-state index in [1.807, 2.05) is 13.0 Å². The molecule has 0 aliphatic carbocycles. The van der Waals surface area contributed by atoms with Crippen molar-refractivity contribution in [3.63, 3.8) is 0 Å². The highest BCUT2D eigenvalue weighted by Gasteiger charge is 2.09. The molecule has 0 bridgehead atoms. The molecule has 2 aromatic rings. The number of aromatic nitrogens is 1. The van der Waals surface area contributed by atoms with Crippen LogP contribution in [-0.4, -0.2) is 22.6 Å². The molecule has 0 unspecified atom stereocenters. The molecule has 2 N–H and O–H groups in total. The number of hydrogen-bond acceptors (Lipinski definition) is 3. The van der Waals surface area contributed by atoms with Crippen LogP contribution < -0.4 is 5.32 Å². The number of allylic oxidation sites excluding steroid dienone is 1. The average molecular weight is 328 g/mol. The van der Waals surface area contributed by atoms with Gasteiger partial charge in [-0.25, -0.2) is 9.37 Å². The standard InChI is InChI=1S/C19H21FN2O2/c1-3-4-5-17(16-8-7-15(20)10-13(16)2)14-6-9-18(21-11-14)22-12-19(23)24/h5-11H,3-4,12H2,1-2H3,(H,21,22)(H,23,24)/b17-5-. The Morgan fingerprint density at radius 3 is 2.71 bits per heavy atom. The van der Waals surface area contributed by atoms with Gasteiger partial charge in [0.25, 0.3) is 0 Å². The number of halogens is 1. The fraction of sp³-hybridized carbons (Fsp3) is 0.263. The third kappa shape index (κ3) is 4.65. The Hall–Kier alpha value is -2.69. The summed E-state index contributed by atoms with van der Waals surface area (Å²) in [5.41, 5.74) is 3.76. The first-order valence-electron chi connectivity index (χ1n) is 7.90. The quantitative estimate of drug-likeness (QED) is 0.797. The van der Waals surface area contributed by atoms with Gasteiger partial charge in [-0.3, -0.25) is 4.79 Å². The van der Waals surface area contributed by atoms with Crippen molar-refractivity contribution >= 4 is 17.4 Å². The van der Waals surface area contributed by atoms with E-state index < -0.39 is 5.97 Å². The summed E-state index contributed by atoms with van der Waals surface area (Å²) in [6.07, 6.45) is 5.75. The molecule has 5 heteroatoms. The summed E-state index contributed by atoms with van der Waals surface area (Å²) >= 11 is 0. The van der Waals surface area contributed by atoms with E-state index in [1.165, 1.54) is 12.1 Å². The highest BCUT2D eigenvalue weighted by molar-refractivity contribution is 5.81. The number of pyridine rings is 1. The third-order valence-corrected chi connectivity index (χ3v) is 3.61. The lowest BCUT2D eigenvalue weighted by molar-refractivity contribution is -0.134. The largest absolute Gasteiger partial charge is 0.480 e. The van der Waals surface area contributed by atoms with Crippen LogP contribution in [-0.2, 0) is 4.79 Å². The van der Waals surface area contributed by atoms with Gasteiger partial charge in [-0.15, -0.1) is 0 Å². The molecule has 0 radical (unpaired) electrons. The first-order valence-corrected chi connectivity index (χ1v) is 7.90. The van der Waals surface area contributed by atoms with Crippen molar-refractivity contribution in [3.8, 4) is 0 Å². The topological polar surface area (TPSA) is 62.2 Å². The van der Waals surface area contributed by atoms with E-state index in [1.54, 1.807) is 18.3 Å². The van der Waals surface area contributed by atoms with Gasteiger partial charge in [-0.2, -0.15) is 0 Å². The molecule has 1 aromatic heterocycles. The minimum absolute atomic E-state index is 0.179. The molecule has 0 amide bonds. The number of benzene rings is 1. The first-order chi connectivity index (χ1) is 11.5.